The molecule has 0 amide bonds. The molecule has 2 nitrogen and oxygen atoms in total. The Hall–Kier alpha value is 0.710. The molecule has 0 fully saturated rings. The van der Waals surface area contributed by atoms with E-state index in [1.165, 1.54) is 5.75 Å². The molecule has 0 aliphatic carbocycles. The SMILES string of the molecule is CCSC(C)CC=N[N+](C)(C)C.[I-]. The van der Waals surface area contributed by atoms with Gasteiger partial charge < -0.3 is 24.0 Å². The monoisotopic (exact) mass is 316 g/mol. The summed E-state index contributed by atoms with van der Waals surface area (Å²) >= 11 is 1.98. The van der Waals surface area contributed by atoms with E-state index in [1.807, 2.05) is 18.0 Å². The highest BCUT2D eigenvalue weighted by atomic mass is 127. The van der Waals surface area contributed by atoms with Crippen molar-refractivity contribution in [2.45, 2.75) is 25.5 Å². The summed E-state index contributed by atoms with van der Waals surface area (Å²) in [6.45, 7) is 4.44. The topological polar surface area (TPSA) is 12.4 Å². The number of rotatable bonds is 5. The molecule has 0 aromatic rings. The van der Waals surface area contributed by atoms with Gasteiger partial charge in [-0.25, -0.2) is 4.59 Å². The molecule has 0 spiro atoms. The van der Waals surface area contributed by atoms with Crippen LogP contribution in [0, 0.1) is 0 Å². The zero-order chi connectivity index (χ0) is 9.61. The van der Waals surface area contributed by atoms with Crippen molar-refractivity contribution in [2.75, 3.05) is 26.9 Å². The van der Waals surface area contributed by atoms with Gasteiger partial charge in [-0.05, 0) is 12.2 Å². The second-order valence-corrected chi connectivity index (χ2v) is 5.46. The number of hydrogen-bond acceptors (Lipinski definition) is 2. The van der Waals surface area contributed by atoms with Crippen molar-refractivity contribution in [3.05, 3.63) is 0 Å². The second-order valence-electron chi connectivity index (χ2n) is 3.74. The molecule has 1 unspecified atom stereocenters. The molecule has 0 rings (SSSR count). The third-order valence-electron chi connectivity index (χ3n) is 1.32. The van der Waals surface area contributed by atoms with Crippen molar-refractivity contribution >= 4 is 18.0 Å². The lowest BCUT2D eigenvalue weighted by molar-refractivity contribution is -0.876. The molecule has 0 saturated carbocycles. The lowest BCUT2D eigenvalue weighted by Gasteiger charge is -2.14. The second kappa shape index (κ2) is 8.05. The van der Waals surface area contributed by atoms with Gasteiger partial charge in [0.2, 0.25) is 0 Å². The quantitative estimate of drug-likeness (QED) is 0.280. The van der Waals surface area contributed by atoms with Crippen LogP contribution in [0.2, 0.25) is 0 Å². The maximum absolute atomic E-state index is 4.38. The van der Waals surface area contributed by atoms with Gasteiger partial charge in [0.15, 0.2) is 0 Å². The number of hydrogen-bond donors (Lipinski definition) is 0. The minimum absolute atomic E-state index is 0. The normalized spacial score (nSPS) is 14.2. The summed E-state index contributed by atoms with van der Waals surface area (Å²) in [6, 6.07) is 0. The highest BCUT2D eigenvalue weighted by molar-refractivity contribution is 7.99. The first-order chi connectivity index (χ1) is 5.45. The van der Waals surface area contributed by atoms with Gasteiger partial charge in [0, 0.05) is 5.25 Å². The van der Waals surface area contributed by atoms with Gasteiger partial charge in [0.25, 0.3) is 0 Å². The van der Waals surface area contributed by atoms with Crippen LogP contribution in [0.4, 0.5) is 0 Å². The predicted octanol–water partition coefficient (Wildman–Crippen LogP) is -0.786. The maximum Gasteiger partial charge on any atom is 0.0923 e. The van der Waals surface area contributed by atoms with Gasteiger partial charge >= 0.3 is 0 Å². The first kappa shape index (κ1) is 16.2. The van der Waals surface area contributed by atoms with Crippen molar-refractivity contribution in [2.24, 2.45) is 5.10 Å². The minimum Gasteiger partial charge on any atom is -1.00 e. The molecule has 0 saturated heterocycles. The van der Waals surface area contributed by atoms with E-state index in [-0.39, 0.29) is 24.0 Å². The zero-order valence-electron chi connectivity index (χ0n) is 9.25. The molecule has 0 aliphatic rings. The van der Waals surface area contributed by atoms with Crippen molar-refractivity contribution < 1.29 is 28.6 Å². The van der Waals surface area contributed by atoms with Crippen molar-refractivity contribution in [3.8, 4) is 0 Å². The molecule has 80 valence electrons. The van der Waals surface area contributed by atoms with Crippen LogP contribution in [0.25, 0.3) is 0 Å². The Morgan fingerprint density at radius 2 is 1.92 bits per heavy atom. The number of nitrogens with zero attached hydrogens (tertiary/aromatic N) is 2. The largest absolute Gasteiger partial charge is 1.00 e. The Morgan fingerprint density at radius 3 is 2.31 bits per heavy atom. The van der Waals surface area contributed by atoms with E-state index in [4.69, 9.17) is 0 Å². The van der Waals surface area contributed by atoms with Crippen molar-refractivity contribution in [3.63, 3.8) is 0 Å². The van der Waals surface area contributed by atoms with Gasteiger partial charge in [-0.1, -0.05) is 18.9 Å². The van der Waals surface area contributed by atoms with Crippen LogP contribution in [0.5, 0.6) is 0 Å². The van der Waals surface area contributed by atoms with Crippen molar-refractivity contribution in [1.82, 2.24) is 0 Å². The van der Waals surface area contributed by atoms with Crippen LogP contribution in [0.3, 0.4) is 0 Å². The Balaban J connectivity index is 0. The molecule has 0 radical (unpaired) electrons. The summed E-state index contributed by atoms with van der Waals surface area (Å²) in [7, 11) is 6.19. The standard InChI is InChI=1S/C9H21N2S.HI/c1-6-12-9(2)7-8-10-11(3,4)5;/h8-9H,6-7H2,1-5H3;1H/q+1;/p-1. The molecule has 0 aromatic heterocycles. The Labute approximate surface area is 104 Å². The molecule has 0 N–H and O–H groups in total. The number of halogens is 1. The highest BCUT2D eigenvalue weighted by Gasteiger charge is 2.03. The zero-order valence-corrected chi connectivity index (χ0v) is 12.2. The molecule has 0 bridgehead atoms. The van der Waals surface area contributed by atoms with Crippen LogP contribution < -0.4 is 24.0 Å². The van der Waals surface area contributed by atoms with E-state index in [0.29, 0.717) is 9.84 Å². The van der Waals surface area contributed by atoms with Crippen molar-refractivity contribution in [1.29, 1.82) is 0 Å². The maximum atomic E-state index is 4.38. The van der Waals surface area contributed by atoms with Crippen LogP contribution >= 0.6 is 11.8 Å². The van der Waals surface area contributed by atoms with E-state index < -0.39 is 0 Å². The summed E-state index contributed by atoms with van der Waals surface area (Å²) in [5.74, 6) is 1.19. The first-order valence-electron chi connectivity index (χ1n) is 4.43. The third kappa shape index (κ3) is 12.7. The summed E-state index contributed by atoms with van der Waals surface area (Å²) in [5.41, 5.74) is 0. The number of quaternary nitrogens is 1. The fraction of sp³-hybridized carbons (Fsp3) is 0.889. The van der Waals surface area contributed by atoms with E-state index in [1.54, 1.807) is 0 Å². The van der Waals surface area contributed by atoms with Crippen LogP contribution in [0.1, 0.15) is 20.3 Å². The van der Waals surface area contributed by atoms with Crippen LogP contribution in [0.15, 0.2) is 5.10 Å². The molecule has 0 aromatic carbocycles. The summed E-state index contributed by atoms with van der Waals surface area (Å²) in [5, 5.41) is 5.08. The Kier molecular flexibility index (Phi) is 10.0. The third-order valence-corrected chi connectivity index (χ3v) is 2.41. The first-order valence-corrected chi connectivity index (χ1v) is 5.47. The lowest BCUT2D eigenvalue weighted by Crippen LogP contribution is -3.00. The van der Waals surface area contributed by atoms with Gasteiger partial charge in [-0.3, -0.25) is 0 Å². The molecule has 1 atom stereocenters. The summed E-state index contributed by atoms with van der Waals surface area (Å²) < 4.78 is 0.670. The summed E-state index contributed by atoms with van der Waals surface area (Å²) in [4.78, 5) is 0. The molecule has 4 heteroatoms. The molecule has 0 heterocycles. The fourth-order valence-electron chi connectivity index (χ4n) is 0.793. The average Bonchev–Trinajstić information content (AvgIpc) is 1.84. The lowest BCUT2D eigenvalue weighted by atomic mass is 10.4. The Bertz CT molecular complexity index is 143. The van der Waals surface area contributed by atoms with Gasteiger partial charge in [-0.15, -0.1) is 0 Å². The minimum atomic E-state index is 0. The van der Waals surface area contributed by atoms with Gasteiger partial charge in [0.1, 0.15) is 0 Å². The van der Waals surface area contributed by atoms with Crippen LogP contribution in [-0.2, 0) is 0 Å². The Morgan fingerprint density at radius 1 is 1.38 bits per heavy atom. The van der Waals surface area contributed by atoms with E-state index in [2.05, 4.69) is 40.1 Å². The molecular formula is C9H21IN2S. The van der Waals surface area contributed by atoms with E-state index in [0.717, 1.165) is 6.42 Å². The average molecular weight is 316 g/mol. The van der Waals surface area contributed by atoms with Crippen LogP contribution in [-0.4, -0.2) is 43.0 Å². The predicted molar refractivity (Wildman–Crippen MR) is 58.7 cm³/mol. The molecule has 13 heavy (non-hydrogen) atoms. The van der Waals surface area contributed by atoms with E-state index in [9.17, 15) is 0 Å². The fourth-order valence-corrected chi connectivity index (χ4v) is 1.58. The van der Waals surface area contributed by atoms with E-state index >= 15 is 0 Å². The molecule has 0 aliphatic heterocycles. The molecular weight excluding hydrogens is 295 g/mol. The number of thioether (sulfide) groups is 1. The smallest absolute Gasteiger partial charge is 0.0923 e. The highest BCUT2D eigenvalue weighted by Crippen LogP contribution is 2.11. The van der Waals surface area contributed by atoms with Gasteiger partial charge in [0.05, 0.1) is 27.4 Å². The van der Waals surface area contributed by atoms with Gasteiger partial charge in [-0.2, -0.15) is 11.8 Å². The summed E-state index contributed by atoms with van der Waals surface area (Å²) in [6.07, 6.45) is 3.11.